The molecule has 6 aromatic carbocycles. The van der Waals surface area contributed by atoms with Crippen LogP contribution in [0, 0.1) is 29.1 Å². The largest absolute Gasteiger partial charge is 0.471 e. The van der Waals surface area contributed by atoms with Crippen LogP contribution >= 0.6 is 80.1 Å². The maximum Gasteiger partial charge on any atom is 0.265 e. The summed E-state index contributed by atoms with van der Waals surface area (Å²) in [4.78, 5) is 57.9. The van der Waals surface area contributed by atoms with E-state index in [-0.39, 0.29) is 77.5 Å². The van der Waals surface area contributed by atoms with Crippen LogP contribution in [0.15, 0.2) is 230 Å². The number of nitrogens with one attached hydrogen (secondary N) is 2. The van der Waals surface area contributed by atoms with Crippen LogP contribution in [0.3, 0.4) is 0 Å². The Morgan fingerprint density at radius 1 is 0.453 bits per heavy atom. The first kappa shape index (κ1) is 99.5. The lowest BCUT2D eigenvalue weighted by molar-refractivity contribution is 0.0853. The van der Waals surface area contributed by atoms with Crippen LogP contribution in [0.1, 0.15) is 60.7 Å². The Hall–Kier alpha value is -12.5. The summed E-state index contributed by atoms with van der Waals surface area (Å²) in [5.74, 6) is -5.19. The first-order chi connectivity index (χ1) is 66.5. The zero-order chi connectivity index (χ0) is 98.2. The third kappa shape index (κ3) is 23.2. The molecule has 0 unspecified atom stereocenters. The van der Waals surface area contributed by atoms with Gasteiger partial charge in [0, 0.05) is 97.8 Å². The molecule has 13 heterocycles. The van der Waals surface area contributed by atoms with E-state index >= 15 is 4.39 Å². The molecule has 0 spiro atoms. The highest BCUT2D eigenvalue weighted by Crippen LogP contribution is 2.50. The topological polar surface area (TPSA) is 454 Å². The summed E-state index contributed by atoms with van der Waals surface area (Å²) in [6.07, 6.45) is 13.1. The molecule has 0 atom stereocenters. The molecule has 3 aliphatic heterocycles. The van der Waals surface area contributed by atoms with Gasteiger partial charge in [0.2, 0.25) is 32.8 Å². The first-order valence-corrected chi connectivity index (χ1v) is 52.6. The van der Waals surface area contributed by atoms with Crippen LogP contribution in [0.2, 0.25) is 15.1 Å². The molecular formula is C91H79Cl3F5N19O13S8. The van der Waals surface area contributed by atoms with Crippen LogP contribution in [0.4, 0.5) is 61.4 Å². The van der Waals surface area contributed by atoms with Gasteiger partial charge in [-0.2, -0.15) is 0 Å². The van der Waals surface area contributed by atoms with Crippen molar-refractivity contribution in [2.75, 3.05) is 102 Å². The number of ether oxygens (including phenoxy) is 3. The number of hydrogen-bond acceptors (Lipinski definition) is 34. The molecule has 0 amide bonds. The highest BCUT2D eigenvalue weighted by atomic mass is 35.5. The lowest BCUT2D eigenvalue weighted by Gasteiger charge is -2.26. The van der Waals surface area contributed by atoms with Crippen molar-refractivity contribution in [1.29, 1.82) is 0 Å². The number of halogens is 8. The summed E-state index contributed by atoms with van der Waals surface area (Å²) >= 11 is 26.0. The molecule has 32 nitrogen and oxygen atoms in total. The molecule has 8 N–H and O–H groups in total. The Morgan fingerprint density at radius 3 is 1.43 bits per heavy atom. The molecule has 139 heavy (non-hydrogen) atoms. The zero-order valence-corrected chi connectivity index (χ0v) is 81.9. The zero-order valence-electron chi connectivity index (χ0n) is 73.1. The quantitative estimate of drug-likeness (QED) is 0.0371. The fraction of sp³-hybridized carbons (Fsp3) is 0.209. The minimum atomic E-state index is -4.61. The second kappa shape index (κ2) is 42.7. The van der Waals surface area contributed by atoms with Gasteiger partial charge in [-0.15, -0.1) is 22.7 Å². The summed E-state index contributed by atoms with van der Waals surface area (Å²) < 4.78 is 204. The number of benzene rings is 6. The van der Waals surface area contributed by atoms with Crippen molar-refractivity contribution in [1.82, 2.24) is 59.8 Å². The number of aromatic nitrogens is 12. The van der Waals surface area contributed by atoms with E-state index in [1.165, 1.54) is 113 Å². The van der Waals surface area contributed by atoms with Gasteiger partial charge in [-0.05, 0) is 121 Å². The number of anilines is 7. The van der Waals surface area contributed by atoms with Gasteiger partial charge in [-0.3, -0.25) is 9.44 Å². The number of nitrogens with two attached hydrogens (primary N) is 3. The monoisotopic (exact) mass is 2100 g/mol. The van der Waals surface area contributed by atoms with E-state index in [1.54, 1.807) is 85.3 Å². The molecule has 3 aliphatic rings. The van der Waals surface area contributed by atoms with Crippen LogP contribution < -0.4 is 36.4 Å². The second-order valence-electron chi connectivity index (χ2n) is 31.8. The van der Waals surface area contributed by atoms with Gasteiger partial charge in [0.05, 0.1) is 152 Å². The minimum Gasteiger partial charge on any atom is -0.471 e. The van der Waals surface area contributed by atoms with Gasteiger partial charge in [0.1, 0.15) is 50.5 Å². The lowest BCUT2D eigenvalue weighted by Crippen LogP contribution is -2.36. The van der Waals surface area contributed by atoms with Gasteiger partial charge < -0.3 is 50.0 Å². The van der Waals surface area contributed by atoms with E-state index in [2.05, 4.69) is 59.4 Å². The number of thiazole rings is 4. The van der Waals surface area contributed by atoms with Crippen molar-refractivity contribution in [3.05, 3.63) is 267 Å². The maximum atomic E-state index is 15.6. The van der Waals surface area contributed by atoms with Crippen molar-refractivity contribution < 1.29 is 78.7 Å². The molecule has 0 saturated carbocycles. The summed E-state index contributed by atoms with van der Waals surface area (Å²) in [6.45, 7) is 12.4. The third-order valence-corrected chi connectivity index (χ3v) is 33.4. The standard InChI is InChI=1S/C24H20ClF2N5O3S2.C23H19F3N4O2S2.2C22H20ClN5O4S2/c25-20-14(13-37(33,34)19-12-15(26)4-5-17(19)27)2-1-3-16(20)21-22(18-6-7-29-23(28)30-18)36-24(31-21)32-8-10-35-11-9-32;1-23(2,3)22-29-20(21(33-22)17-9-10-27-12-28-17)14-5-4-6-16(19(14)26)30-34(31,32)18-11-13(24)7-8-15(18)25;23-18-14(13-34(29,30)17-5-2-10-32-17)3-1-4-15(18)19-20(16-6-7-25-21(24)26-16)33-22(27-19)28-8-11-31-12-9-28;23-18-15(2-1-3-16(18)28-34(29,30)14-7-11-32-12-14)19-20(17-4-8-25-22(24)26-17)33-21(27-19)13-5-9-31-10-6-13/h1-7,12H,8-11,13H2,(H2,28,29,30);4-12,30H,1-3H3;1-7,10H,8-9,11-13H2,(H2,24,25,26);1-4,7-8,11-13,28H,5-6,9-10H2,(H2,24,25,26). The molecule has 720 valence electrons. The van der Waals surface area contributed by atoms with E-state index in [1.807, 2.05) is 31.6 Å². The van der Waals surface area contributed by atoms with Gasteiger partial charge in [-0.25, -0.2) is 115 Å². The second-order valence-corrected chi connectivity index (χ2v) is 44.1. The van der Waals surface area contributed by atoms with E-state index in [0.29, 0.717) is 161 Å². The molecule has 19 rings (SSSR count). The predicted octanol–water partition coefficient (Wildman–Crippen LogP) is 19.1. The normalized spacial score (nSPS) is 13.9. The number of furan rings is 2. The lowest BCUT2D eigenvalue weighted by atomic mass is 9.98. The summed E-state index contributed by atoms with van der Waals surface area (Å²) in [6, 6.07) is 34.9. The number of sulfone groups is 2. The smallest absolute Gasteiger partial charge is 0.265 e. The average molecular weight is 2100 g/mol. The number of nitrogens with zero attached hydrogens (tertiary/aromatic N) is 14. The van der Waals surface area contributed by atoms with Crippen LogP contribution in [0.25, 0.3) is 87.3 Å². The van der Waals surface area contributed by atoms with E-state index in [4.69, 9.17) is 90.0 Å². The average Bonchev–Trinajstić information content (AvgIpc) is 1.68. The molecule has 16 aromatic rings. The van der Waals surface area contributed by atoms with Gasteiger partial charge in [0.25, 0.3) is 20.0 Å². The fourth-order valence-corrected chi connectivity index (χ4v) is 24.9. The van der Waals surface area contributed by atoms with Crippen LogP contribution in [0.5, 0.6) is 0 Å². The molecule has 48 heteroatoms. The number of hydrogen-bond donors (Lipinski definition) is 5. The Bertz CT molecular complexity index is 7460. The number of morpholine rings is 2. The Labute approximate surface area is 823 Å². The van der Waals surface area contributed by atoms with Crippen molar-refractivity contribution in [3.8, 4) is 87.3 Å². The van der Waals surface area contributed by atoms with Gasteiger partial charge in [0.15, 0.2) is 25.9 Å². The number of rotatable bonds is 23. The molecule has 3 saturated heterocycles. The number of sulfonamides is 2. The molecule has 0 radical (unpaired) electrons. The molecule has 0 bridgehead atoms. The SMILES string of the molecule is CC(C)(C)c1nc(-c2cccc(NS(=O)(=O)c3cc(F)ccc3F)c2F)c(-c2ccncn2)s1.Nc1nccc(-c2sc(C3CCOCC3)nc2-c2cccc(NS(=O)(=O)c3ccoc3)c2Cl)n1.Nc1nccc(-c2sc(N3CCOCC3)nc2-c2cccc(CS(=O)(=O)c3cc(F)ccc3F)c2Cl)n1.Nc1nccc(-c2sc(N3CCOCC3)nc2-c2cccc(CS(=O)(=O)c3ccco3)c2Cl)n1. The van der Waals surface area contributed by atoms with E-state index in [0.717, 1.165) is 67.3 Å². The minimum absolute atomic E-state index is 0.00146. The number of nitrogen functional groups attached to an aromatic ring is 3. The highest BCUT2D eigenvalue weighted by molar-refractivity contribution is 7.93. The van der Waals surface area contributed by atoms with Gasteiger partial charge >= 0.3 is 0 Å². The predicted molar refractivity (Wildman–Crippen MR) is 524 cm³/mol. The fourth-order valence-electron chi connectivity index (χ4n) is 14.4. The summed E-state index contributed by atoms with van der Waals surface area (Å²) in [5, 5.41) is 3.76. The van der Waals surface area contributed by atoms with Gasteiger partial charge in [-0.1, -0.05) is 133 Å². The van der Waals surface area contributed by atoms with Crippen LogP contribution in [-0.2, 0) is 70.9 Å². The Kier molecular flexibility index (Phi) is 30.6. The first-order valence-electron chi connectivity index (χ1n) is 41.9. The molecular weight excluding hydrogens is 2030 g/mol. The van der Waals surface area contributed by atoms with Crippen molar-refractivity contribution in [3.63, 3.8) is 0 Å². The molecule has 10 aromatic heterocycles. The Morgan fingerprint density at radius 2 is 0.921 bits per heavy atom. The summed E-state index contributed by atoms with van der Waals surface area (Å²) in [7, 11) is -16.4. The third-order valence-electron chi connectivity index (χ3n) is 21.2. The maximum absolute atomic E-state index is 15.6. The summed E-state index contributed by atoms with van der Waals surface area (Å²) in [5.41, 5.74) is 23.6. The van der Waals surface area contributed by atoms with Crippen LogP contribution in [-0.4, -0.2) is 159 Å². The van der Waals surface area contributed by atoms with E-state index in [9.17, 15) is 51.2 Å². The van der Waals surface area contributed by atoms with Crippen molar-refractivity contribution >= 4 is 159 Å². The van der Waals surface area contributed by atoms with Crippen molar-refractivity contribution in [2.45, 2.75) is 76.2 Å². The molecule has 3 fully saturated rings. The van der Waals surface area contributed by atoms with E-state index < -0.39 is 90.0 Å². The van der Waals surface area contributed by atoms with Crippen molar-refractivity contribution in [2.24, 2.45) is 0 Å². The Balaban J connectivity index is 0.000000134. The molecule has 0 aliphatic carbocycles. The highest BCUT2D eigenvalue weighted by Gasteiger charge is 2.34.